The molecule has 0 fully saturated rings. The van der Waals surface area contributed by atoms with Crippen molar-refractivity contribution in [2.24, 2.45) is 0 Å². The minimum Gasteiger partial charge on any atom is -0.292 e. The van der Waals surface area contributed by atoms with E-state index in [9.17, 15) is 13.2 Å². The Morgan fingerprint density at radius 2 is 2.06 bits per heavy atom. The lowest BCUT2D eigenvalue weighted by molar-refractivity contribution is -0.190. The van der Waals surface area contributed by atoms with Crippen molar-refractivity contribution in [1.29, 1.82) is 0 Å². The van der Waals surface area contributed by atoms with E-state index in [0.717, 1.165) is 22.3 Å². The fourth-order valence-electron chi connectivity index (χ4n) is 1.44. The van der Waals surface area contributed by atoms with Crippen LogP contribution in [0.5, 0.6) is 0 Å². The Balaban J connectivity index is 2.58. The second-order valence-electron chi connectivity index (χ2n) is 3.60. The van der Waals surface area contributed by atoms with Gasteiger partial charge >= 0.3 is 6.18 Å². The normalized spacial score (nSPS) is 12.1. The molecule has 4 nitrogen and oxygen atoms in total. The smallest absolute Gasteiger partial charge is 0.292 e. The highest BCUT2D eigenvalue weighted by Crippen LogP contribution is 2.22. The van der Waals surface area contributed by atoms with Crippen LogP contribution in [0.15, 0.2) is 4.47 Å². The van der Waals surface area contributed by atoms with Gasteiger partial charge in [0.25, 0.3) is 0 Å². The number of aromatic nitrogens is 2. The van der Waals surface area contributed by atoms with Gasteiger partial charge in [0.2, 0.25) is 0 Å². The van der Waals surface area contributed by atoms with Crippen LogP contribution in [-0.2, 0) is 24.3 Å². The zero-order valence-electron chi connectivity index (χ0n) is 10.1. The summed E-state index contributed by atoms with van der Waals surface area (Å²) in [4.78, 5) is 4.36. The number of nitrogens with one attached hydrogen (secondary N) is 1. The Bertz CT molecular complexity index is 392. The highest BCUT2D eigenvalue weighted by molar-refractivity contribution is 9.10. The monoisotopic (exact) mass is 329 g/mol. The molecule has 1 heterocycles. The van der Waals surface area contributed by atoms with Crippen molar-refractivity contribution in [1.82, 2.24) is 15.3 Å². The third-order valence-electron chi connectivity index (χ3n) is 2.27. The topological polar surface area (TPSA) is 39.1 Å². The third kappa shape index (κ3) is 4.25. The standard InChI is InChI=1S/C10H15BrF3N3O/c1-3-7-9(11)8(17(4-2)16-7)5-15-18-6-10(12,13)14/h15H,3-6H2,1-2H3. The van der Waals surface area contributed by atoms with Gasteiger partial charge in [-0.05, 0) is 29.3 Å². The SMILES string of the molecule is CCc1nn(CC)c(CNOCC(F)(F)F)c1Br. The maximum absolute atomic E-state index is 11.9. The molecule has 1 N–H and O–H groups in total. The van der Waals surface area contributed by atoms with E-state index < -0.39 is 12.8 Å². The van der Waals surface area contributed by atoms with Crippen LogP contribution in [-0.4, -0.2) is 22.6 Å². The molecule has 8 heteroatoms. The third-order valence-corrected chi connectivity index (χ3v) is 3.19. The van der Waals surface area contributed by atoms with E-state index in [0.29, 0.717) is 6.54 Å². The van der Waals surface area contributed by atoms with Crippen molar-refractivity contribution < 1.29 is 18.0 Å². The number of hydroxylamine groups is 1. The van der Waals surface area contributed by atoms with Gasteiger partial charge in [-0.25, -0.2) is 0 Å². The highest BCUT2D eigenvalue weighted by Gasteiger charge is 2.27. The maximum atomic E-state index is 11.9. The summed E-state index contributed by atoms with van der Waals surface area (Å²) in [7, 11) is 0. The molecule has 0 aliphatic carbocycles. The minimum atomic E-state index is -4.33. The van der Waals surface area contributed by atoms with Crippen molar-refractivity contribution in [3.8, 4) is 0 Å². The molecule has 104 valence electrons. The summed E-state index contributed by atoms with van der Waals surface area (Å²) in [5, 5.41) is 4.33. The molecule has 0 atom stereocenters. The first kappa shape index (κ1) is 15.5. The molecule has 1 aromatic rings. The predicted octanol–water partition coefficient (Wildman–Crippen LogP) is 2.81. The van der Waals surface area contributed by atoms with Crippen LogP contribution in [0.3, 0.4) is 0 Å². The van der Waals surface area contributed by atoms with Gasteiger partial charge in [0.05, 0.1) is 22.4 Å². The van der Waals surface area contributed by atoms with Crippen LogP contribution in [0.2, 0.25) is 0 Å². The summed E-state index contributed by atoms with van der Waals surface area (Å²) in [6.45, 7) is 3.38. The van der Waals surface area contributed by atoms with E-state index in [1.807, 2.05) is 13.8 Å². The number of nitrogens with zero attached hydrogens (tertiary/aromatic N) is 2. The second-order valence-corrected chi connectivity index (χ2v) is 4.39. The van der Waals surface area contributed by atoms with Crippen LogP contribution in [0, 0.1) is 0 Å². The average Bonchev–Trinajstić information content (AvgIpc) is 2.60. The van der Waals surface area contributed by atoms with Gasteiger partial charge in [-0.1, -0.05) is 6.92 Å². The van der Waals surface area contributed by atoms with Crippen LogP contribution in [0.25, 0.3) is 0 Å². The molecule has 1 aromatic heterocycles. The van der Waals surface area contributed by atoms with Gasteiger partial charge in [-0.15, -0.1) is 0 Å². The van der Waals surface area contributed by atoms with Crippen molar-refractivity contribution in [2.75, 3.05) is 6.61 Å². The molecule has 0 aromatic carbocycles. The lowest BCUT2D eigenvalue weighted by atomic mass is 10.3. The van der Waals surface area contributed by atoms with E-state index >= 15 is 0 Å². The summed E-state index contributed by atoms with van der Waals surface area (Å²) in [6, 6.07) is 0. The number of alkyl halides is 3. The zero-order valence-corrected chi connectivity index (χ0v) is 11.7. The molecule has 0 aliphatic rings. The molecular weight excluding hydrogens is 315 g/mol. The van der Waals surface area contributed by atoms with Crippen LogP contribution in [0.4, 0.5) is 13.2 Å². The molecule has 0 saturated heterocycles. The maximum Gasteiger partial charge on any atom is 0.413 e. The Labute approximate surface area is 112 Å². The van der Waals surface area contributed by atoms with E-state index in [1.165, 1.54) is 0 Å². The molecular formula is C10H15BrF3N3O. The van der Waals surface area contributed by atoms with E-state index in [-0.39, 0.29) is 6.54 Å². The molecule has 18 heavy (non-hydrogen) atoms. The van der Waals surface area contributed by atoms with Gasteiger partial charge in [-0.3, -0.25) is 9.52 Å². The first-order chi connectivity index (χ1) is 8.39. The van der Waals surface area contributed by atoms with Crippen molar-refractivity contribution in [2.45, 2.75) is 39.5 Å². The summed E-state index contributed by atoms with van der Waals surface area (Å²) in [6.07, 6.45) is -3.58. The fraction of sp³-hybridized carbons (Fsp3) is 0.700. The van der Waals surface area contributed by atoms with Gasteiger partial charge in [0, 0.05) is 6.54 Å². The lowest BCUT2D eigenvalue weighted by Crippen LogP contribution is -2.25. The zero-order chi connectivity index (χ0) is 13.8. The van der Waals surface area contributed by atoms with Crippen LogP contribution >= 0.6 is 15.9 Å². The second kappa shape index (κ2) is 6.53. The van der Waals surface area contributed by atoms with Crippen molar-refractivity contribution in [3.05, 3.63) is 15.9 Å². The van der Waals surface area contributed by atoms with Crippen molar-refractivity contribution >= 4 is 15.9 Å². The Hall–Kier alpha value is -0.600. The summed E-state index contributed by atoms with van der Waals surface area (Å²) < 4.78 is 38.2. The number of rotatable bonds is 6. The van der Waals surface area contributed by atoms with Crippen LogP contribution < -0.4 is 5.48 Å². The quantitative estimate of drug-likeness (QED) is 0.644. The predicted molar refractivity (Wildman–Crippen MR) is 63.8 cm³/mol. The Kier molecular flexibility index (Phi) is 5.61. The number of hydrogen-bond donors (Lipinski definition) is 1. The van der Waals surface area contributed by atoms with Gasteiger partial charge in [-0.2, -0.15) is 23.8 Å². The van der Waals surface area contributed by atoms with E-state index in [4.69, 9.17) is 0 Å². The molecule has 0 amide bonds. The summed E-state index contributed by atoms with van der Waals surface area (Å²) in [5.41, 5.74) is 3.95. The molecule has 0 spiro atoms. The lowest BCUT2D eigenvalue weighted by Gasteiger charge is -2.09. The fourth-order valence-corrected chi connectivity index (χ4v) is 2.14. The molecule has 0 saturated carbocycles. The first-order valence-electron chi connectivity index (χ1n) is 5.54. The van der Waals surface area contributed by atoms with Gasteiger partial charge in [0.15, 0.2) is 6.61 Å². The van der Waals surface area contributed by atoms with Crippen molar-refractivity contribution in [3.63, 3.8) is 0 Å². The van der Waals surface area contributed by atoms with E-state index in [2.05, 4.69) is 31.3 Å². The number of halogens is 4. The highest BCUT2D eigenvalue weighted by atomic mass is 79.9. The Morgan fingerprint density at radius 1 is 1.39 bits per heavy atom. The van der Waals surface area contributed by atoms with Gasteiger partial charge in [0.1, 0.15) is 0 Å². The Morgan fingerprint density at radius 3 is 2.56 bits per heavy atom. The first-order valence-corrected chi connectivity index (χ1v) is 6.33. The largest absolute Gasteiger partial charge is 0.413 e. The molecule has 0 aliphatic heterocycles. The summed E-state index contributed by atoms with van der Waals surface area (Å²) in [5.74, 6) is 0. The molecule has 0 bridgehead atoms. The number of hydrogen-bond acceptors (Lipinski definition) is 3. The van der Waals surface area contributed by atoms with Gasteiger partial charge < -0.3 is 0 Å². The minimum absolute atomic E-state index is 0.164. The van der Waals surface area contributed by atoms with E-state index in [1.54, 1.807) is 4.68 Å². The average molecular weight is 330 g/mol. The molecule has 1 rings (SSSR count). The van der Waals surface area contributed by atoms with Crippen LogP contribution in [0.1, 0.15) is 25.2 Å². The number of aryl methyl sites for hydroxylation is 2. The molecule has 0 radical (unpaired) electrons. The molecule has 0 unspecified atom stereocenters. The summed E-state index contributed by atoms with van der Waals surface area (Å²) >= 11 is 3.39.